The average Bonchev–Trinajstić information content (AvgIpc) is 3.26. The van der Waals surface area contributed by atoms with Gasteiger partial charge >= 0.3 is 0 Å². The van der Waals surface area contributed by atoms with Crippen molar-refractivity contribution in [2.24, 2.45) is 0 Å². The van der Waals surface area contributed by atoms with Crippen molar-refractivity contribution < 1.29 is 4.79 Å². The van der Waals surface area contributed by atoms with E-state index in [0.717, 1.165) is 42.3 Å². The Bertz CT molecular complexity index is 868. The molecule has 4 rings (SSSR count). The van der Waals surface area contributed by atoms with Gasteiger partial charge < -0.3 is 9.88 Å². The van der Waals surface area contributed by atoms with Crippen LogP contribution in [0, 0.1) is 0 Å². The molecule has 0 bridgehead atoms. The molecule has 0 saturated heterocycles. The number of amides is 1. The van der Waals surface area contributed by atoms with Gasteiger partial charge in [-0.1, -0.05) is 12.5 Å². The molecule has 0 saturated carbocycles. The van der Waals surface area contributed by atoms with Crippen LogP contribution in [0.25, 0.3) is 11.4 Å². The summed E-state index contributed by atoms with van der Waals surface area (Å²) in [6.45, 7) is 0.985. The highest BCUT2D eigenvalue weighted by Crippen LogP contribution is 2.24. The summed E-state index contributed by atoms with van der Waals surface area (Å²) in [5.41, 5.74) is 1.86. The zero-order valence-corrected chi connectivity index (χ0v) is 15.5. The number of benzene rings is 1. The van der Waals surface area contributed by atoms with Gasteiger partial charge in [0.2, 0.25) is 5.91 Å². The number of carbonyl (C=O) groups excluding carboxylic acids is 1. The maximum absolute atomic E-state index is 12.1. The van der Waals surface area contributed by atoms with Gasteiger partial charge in [0, 0.05) is 35.5 Å². The molecule has 0 unspecified atom stereocenters. The quantitative estimate of drug-likeness (QED) is 0.732. The second-order valence-corrected chi connectivity index (χ2v) is 7.64. The lowest BCUT2D eigenvalue weighted by atomic mass is 10.2. The maximum Gasteiger partial charge on any atom is 0.224 e. The van der Waals surface area contributed by atoms with Gasteiger partial charge in [-0.25, -0.2) is 0 Å². The van der Waals surface area contributed by atoms with Gasteiger partial charge in [0.15, 0.2) is 5.82 Å². The SMILES string of the molecule is O=C(CCc1cccs1)Nc1ccc(-c2nnc3n2CCCCC3)cc1. The first kappa shape index (κ1) is 17.0. The third kappa shape index (κ3) is 3.85. The predicted octanol–water partition coefficient (Wildman–Crippen LogP) is 4.30. The average molecular weight is 366 g/mol. The molecule has 2 aromatic heterocycles. The molecule has 1 amide bonds. The fraction of sp³-hybridized carbons (Fsp3) is 0.350. The number of rotatable bonds is 5. The lowest BCUT2D eigenvalue weighted by molar-refractivity contribution is -0.116. The Morgan fingerprint density at radius 1 is 1.12 bits per heavy atom. The Hall–Kier alpha value is -2.47. The molecule has 0 aliphatic carbocycles. The number of aryl methyl sites for hydroxylation is 2. The van der Waals surface area contributed by atoms with Crippen molar-refractivity contribution in [3.05, 3.63) is 52.5 Å². The van der Waals surface area contributed by atoms with Crippen LogP contribution in [0.15, 0.2) is 41.8 Å². The minimum Gasteiger partial charge on any atom is -0.326 e. The van der Waals surface area contributed by atoms with E-state index in [1.165, 1.54) is 24.1 Å². The van der Waals surface area contributed by atoms with Crippen molar-refractivity contribution >= 4 is 22.9 Å². The number of anilines is 1. The number of nitrogens with zero attached hydrogens (tertiary/aromatic N) is 3. The lowest BCUT2D eigenvalue weighted by Crippen LogP contribution is -2.12. The van der Waals surface area contributed by atoms with Crippen molar-refractivity contribution in [2.75, 3.05) is 5.32 Å². The van der Waals surface area contributed by atoms with Crippen LogP contribution in [0.1, 0.15) is 36.4 Å². The number of carbonyl (C=O) groups is 1. The number of hydrogen-bond acceptors (Lipinski definition) is 4. The van der Waals surface area contributed by atoms with Gasteiger partial charge in [-0.15, -0.1) is 21.5 Å². The van der Waals surface area contributed by atoms with Crippen molar-refractivity contribution in [1.29, 1.82) is 0 Å². The standard InChI is InChI=1S/C20H22N4OS/c25-19(12-11-17-5-4-14-26-17)21-16-9-7-15(8-10-16)20-23-22-18-6-2-1-3-13-24(18)20/h4-5,7-10,14H,1-3,6,11-13H2,(H,21,25). The summed E-state index contributed by atoms with van der Waals surface area (Å²) < 4.78 is 2.24. The van der Waals surface area contributed by atoms with Gasteiger partial charge in [-0.3, -0.25) is 4.79 Å². The third-order valence-corrected chi connectivity index (χ3v) is 5.65. The molecule has 1 aromatic carbocycles. The van der Waals surface area contributed by atoms with Crippen molar-refractivity contribution in [1.82, 2.24) is 14.8 Å². The highest BCUT2D eigenvalue weighted by Gasteiger charge is 2.16. The normalized spacial score (nSPS) is 13.8. The van der Waals surface area contributed by atoms with Crippen LogP contribution in [0.2, 0.25) is 0 Å². The monoisotopic (exact) mass is 366 g/mol. The summed E-state index contributed by atoms with van der Waals surface area (Å²) in [4.78, 5) is 13.4. The fourth-order valence-electron chi connectivity index (χ4n) is 3.32. The van der Waals surface area contributed by atoms with Crippen LogP contribution < -0.4 is 5.32 Å². The summed E-state index contributed by atoms with van der Waals surface area (Å²) in [5, 5.41) is 13.8. The molecule has 0 radical (unpaired) electrons. The highest BCUT2D eigenvalue weighted by molar-refractivity contribution is 7.09. The molecule has 5 nitrogen and oxygen atoms in total. The largest absolute Gasteiger partial charge is 0.326 e. The molecule has 0 atom stereocenters. The Morgan fingerprint density at radius 3 is 2.81 bits per heavy atom. The second kappa shape index (κ2) is 7.83. The number of thiophene rings is 1. The summed E-state index contributed by atoms with van der Waals surface area (Å²) >= 11 is 1.69. The van der Waals surface area contributed by atoms with Crippen LogP contribution in [0.5, 0.6) is 0 Å². The summed E-state index contributed by atoms with van der Waals surface area (Å²) in [5.74, 6) is 2.06. The van der Waals surface area contributed by atoms with Crippen LogP contribution in [-0.4, -0.2) is 20.7 Å². The van der Waals surface area contributed by atoms with Crippen LogP contribution in [0.3, 0.4) is 0 Å². The third-order valence-electron chi connectivity index (χ3n) is 4.71. The van der Waals surface area contributed by atoms with Crippen LogP contribution >= 0.6 is 11.3 Å². The zero-order chi connectivity index (χ0) is 17.8. The molecular formula is C20H22N4OS. The van der Waals surface area contributed by atoms with Gasteiger partial charge in [0.25, 0.3) is 0 Å². The van der Waals surface area contributed by atoms with Gasteiger partial charge in [-0.05, 0) is 55.0 Å². The van der Waals surface area contributed by atoms with Crippen molar-refractivity contribution in [3.8, 4) is 11.4 Å². The first-order chi connectivity index (χ1) is 12.8. The zero-order valence-electron chi connectivity index (χ0n) is 14.6. The van der Waals surface area contributed by atoms with Gasteiger partial charge in [0.05, 0.1) is 0 Å². The maximum atomic E-state index is 12.1. The molecule has 1 aliphatic rings. The molecular weight excluding hydrogens is 344 g/mol. The molecule has 1 N–H and O–H groups in total. The Labute approximate surface area is 157 Å². The van der Waals surface area contributed by atoms with Crippen LogP contribution in [-0.2, 0) is 24.2 Å². The van der Waals surface area contributed by atoms with E-state index in [1.54, 1.807) is 11.3 Å². The molecule has 3 aromatic rings. The number of nitrogens with one attached hydrogen (secondary N) is 1. The number of aromatic nitrogens is 3. The molecule has 6 heteroatoms. The van der Waals surface area contributed by atoms with Crippen molar-refractivity contribution in [2.45, 2.75) is 45.1 Å². The molecule has 26 heavy (non-hydrogen) atoms. The number of fused-ring (bicyclic) bond motifs is 1. The van der Waals surface area contributed by atoms with E-state index in [2.05, 4.69) is 26.1 Å². The van der Waals surface area contributed by atoms with Crippen molar-refractivity contribution in [3.63, 3.8) is 0 Å². The summed E-state index contributed by atoms with van der Waals surface area (Å²) in [7, 11) is 0. The van der Waals surface area contributed by atoms with E-state index in [0.29, 0.717) is 6.42 Å². The Kier molecular flexibility index (Phi) is 5.11. The molecule has 3 heterocycles. The Balaban J connectivity index is 1.41. The van der Waals surface area contributed by atoms with Gasteiger partial charge in [0.1, 0.15) is 5.82 Å². The van der Waals surface area contributed by atoms with E-state index in [4.69, 9.17) is 0 Å². The summed E-state index contributed by atoms with van der Waals surface area (Å²) in [6.07, 6.45) is 5.91. The first-order valence-corrected chi connectivity index (χ1v) is 10.0. The molecule has 1 aliphatic heterocycles. The predicted molar refractivity (Wildman–Crippen MR) is 104 cm³/mol. The minimum absolute atomic E-state index is 0.0440. The smallest absolute Gasteiger partial charge is 0.224 e. The van der Waals surface area contributed by atoms with Crippen LogP contribution in [0.4, 0.5) is 5.69 Å². The van der Waals surface area contributed by atoms with E-state index in [9.17, 15) is 4.79 Å². The lowest BCUT2D eigenvalue weighted by Gasteiger charge is -2.08. The number of hydrogen-bond donors (Lipinski definition) is 1. The minimum atomic E-state index is 0.0440. The summed E-state index contributed by atoms with van der Waals surface area (Å²) in [6, 6.07) is 12.0. The molecule has 0 fully saturated rings. The van der Waals surface area contributed by atoms with E-state index >= 15 is 0 Å². The highest BCUT2D eigenvalue weighted by atomic mass is 32.1. The van der Waals surface area contributed by atoms with Gasteiger partial charge in [-0.2, -0.15) is 0 Å². The topological polar surface area (TPSA) is 59.8 Å². The van der Waals surface area contributed by atoms with E-state index in [-0.39, 0.29) is 5.91 Å². The molecule has 134 valence electrons. The second-order valence-electron chi connectivity index (χ2n) is 6.61. The fourth-order valence-corrected chi connectivity index (χ4v) is 4.03. The van der Waals surface area contributed by atoms with E-state index in [1.807, 2.05) is 35.7 Å². The first-order valence-electron chi connectivity index (χ1n) is 9.14. The molecule has 0 spiro atoms. The van der Waals surface area contributed by atoms with E-state index < -0.39 is 0 Å². The Morgan fingerprint density at radius 2 is 2.00 bits per heavy atom.